The van der Waals surface area contributed by atoms with E-state index in [0.717, 1.165) is 34.9 Å². The molecule has 0 aliphatic carbocycles. The molecule has 1 amide bonds. The molecule has 1 atom stereocenters. The van der Waals surface area contributed by atoms with Crippen LogP contribution in [-0.4, -0.2) is 10.9 Å². The topological polar surface area (TPSA) is 44.9 Å². The van der Waals surface area contributed by atoms with Gasteiger partial charge < -0.3 is 10.3 Å². The van der Waals surface area contributed by atoms with Gasteiger partial charge in [-0.15, -0.1) is 0 Å². The van der Waals surface area contributed by atoms with Gasteiger partial charge in [-0.2, -0.15) is 0 Å². The number of amides is 1. The van der Waals surface area contributed by atoms with Crippen LogP contribution in [-0.2, 0) is 11.3 Å². The molecule has 0 saturated carbocycles. The van der Waals surface area contributed by atoms with E-state index < -0.39 is 0 Å². The number of H-pyrrole nitrogens is 1. The van der Waals surface area contributed by atoms with Gasteiger partial charge in [0, 0.05) is 23.6 Å². The van der Waals surface area contributed by atoms with E-state index in [4.69, 9.17) is 0 Å². The highest BCUT2D eigenvalue weighted by molar-refractivity contribution is 5.92. The summed E-state index contributed by atoms with van der Waals surface area (Å²) in [5, 5.41) is 4.22. The van der Waals surface area contributed by atoms with Crippen molar-refractivity contribution in [2.24, 2.45) is 0 Å². The van der Waals surface area contributed by atoms with Crippen LogP contribution in [0.3, 0.4) is 0 Å². The summed E-state index contributed by atoms with van der Waals surface area (Å²) in [6, 6.07) is 18.2. The summed E-state index contributed by atoms with van der Waals surface area (Å²) >= 11 is 0. The Balaban J connectivity index is 1.79. The van der Waals surface area contributed by atoms with E-state index >= 15 is 0 Å². The number of fused-ring (bicyclic) bond motifs is 1. The van der Waals surface area contributed by atoms with Gasteiger partial charge in [0.2, 0.25) is 5.91 Å². The van der Waals surface area contributed by atoms with Gasteiger partial charge in [0.15, 0.2) is 0 Å². The molecule has 1 aromatic heterocycles. The fourth-order valence-electron chi connectivity index (χ4n) is 3.01. The van der Waals surface area contributed by atoms with Crippen LogP contribution in [0.5, 0.6) is 0 Å². The lowest BCUT2D eigenvalue weighted by Crippen LogP contribution is -2.28. The molecule has 0 fully saturated rings. The summed E-state index contributed by atoms with van der Waals surface area (Å²) in [7, 11) is 0. The van der Waals surface area contributed by atoms with Gasteiger partial charge in [-0.25, -0.2) is 0 Å². The predicted molar refractivity (Wildman–Crippen MR) is 94.2 cm³/mol. The van der Waals surface area contributed by atoms with Crippen LogP contribution in [0.1, 0.15) is 36.8 Å². The van der Waals surface area contributed by atoms with E-state index in [9.17, 15) is 4.79 Å². The fourth-order valence-corrected chi connectivity index (χ4v) is 3.01. The van der Waals surface area contributed by atoms with E-state index in [-0.39, 0.29) is 11.8 Å². The lowest BCUT2D eigenvalue weighted by Gasteiger charge is -2.16. The summed E-state index contributed by atoms with van der Waals surface area (Å²) in [5.41, 5.74) is 3.29. The zero-order valence-corrected chi connectivity index (χ0v) is 13.4. The van der Waals surface area contributed by atoms with Crippen LogP contribution in [0.4, 0.5) is 0 Å². The van der Waals surface area contributed by atoms with Crippen LogP contribution >= 0.6 is 0 Å². The van der Waals surface area contributed by atoms with Crippen molar-refractivity contribution in [3.05, 3.63) is 71.9 Å². The van der Waals surface area contributed by atoms with Gasteiger partial charge in [-0.05, 0) is 23.6 Å². The van der Waals surface area contributed by atoms with Crippen molar-refractivity contribution in [1.29, 1.82) is 0 Å². The first-order valence-corrected chi connectivity index (χ1v) is 8.17. The number of rotatable bonds is 6. The van der Waals surface area contributed by atoms with Gasteiger partial charge in [0.25, 0.3) is 0 Å². The molecule has 23 heavy (non-hydrogen) atoms. The van der Waals surface area contributed by atoms with E-state index in [1.165, 1.54) is 0 Å². The van der Waals surface area contributed by atoms with Crippen LogP contribution < -0.4 is 5.32 Å². The summed E-state index contributed by atoms with van der Waals surface area (Å²) in [6.07, 6.45) is 3.80. The van der Waals surface area contributed by atoms with Crippen LogP contribution in [0.25, 0.3) is 10.9 Å². The fraction of sp³-hybridized carbons (Fsp3) is 0.250. The molecular formula is C20H22N2O. The molecule has 3 heteroatoms. The van der Waals surface area contributed by atoms with E-state index in [0.29, 0.717) is 6.54 Å². The Labute approximate surface area is 136 Å². The SMILES string of the molecule is CCCC(C(=O)NCc1ccccc1)c1c[nH]c2ccccc12. The number of aromatic amines is 1. The zero-order chi connectivity index (χ0) is 16.1. The minimum absolute atomic E-state index is 0.0976. The second kappa shape index (κ2) is 7.14. The normalized spacial score (nSPS) is 12.2. The number of aromatic nitrogens is 1. The van der Waals surface area contributed by atoms with Crippen molar-refractivity contribution in [3.63, 3.8) is 0 Å². The molecule has 118 valence electrons. The Morgan fingerprint density at radius 3 is 2.61 bits per heavy atom. The average Bonchev–Trinajstić information content (AvgIpc) is 3.02. The Bertz CT molecular complexity index is 776. The smallest absolute Gasteiger partial charge is 0.227 e. The van der Waals surface area contributed by atoms with Crippen molar-refractivity contribution in [2.45, 2.75) is 32.2 Å². The molecule has 0 saturated heterocycles. The minimum atomic E-state index is -0.111. The molecule has 1 heterocycles. The largest absolute Gasteiger partial charge is 0.361 e. The maximum Gasteiger partial charge on any atom is 0.227 e. The van der Waals surface area contributed by atoms with Gasteiger partial charge in [0.05, 0.1) is 5.92 Å². The Morgan fingerprint density at radius 2 is 1.83 bits per heavy atom. The van der Waals surface area contributed by atoms with Crippen molar-refractivity contribution < 1.29 is 4.79 Å². The number of carbonyl (C=O) groups excluding carboxylic acids is 1. The standard InChI is InChI=1S/C20H22N2O/c1-2-8-17(18-14-21-19-12-7-6-11-16(18)19)20(23)22-13-15-9-4-3-5-10-15/h3-7,9-12,14,17,21H,2,8,13H2,1H3,(H,22,23). The Hall–Kier alpha value is -2.55. The second-order valence-electron chi connectivity index (χ2n) is 5.83. The minimum Gasteiger partial charge on any atom is -0.361 e. The summed E-state index contributed by atoms with van der Waals surface area (Å²) < 4.78 is 0. The molecule has 0 aliphatic rings. The highest BCUT2D eigenvalue weighted by atomic mass is 16.1. The number of hydrogen-bond donors (Lipinski definition) is 2. The van der Waals surface area contributed by atoms with Gasteiger partial charge >= 0.3 is 0 Å². The molecule has 0 aliphatic heterocycles. The molecule has 1 unspecified atom stereocenters. The lowest BCUT2D eigenvalue weighted by molar-refractivity contribution is -0.122. The number of nitrogens with one attached hydrogen (secondary N) is 2. The third-order valence-corrected chi connectivity index (χ3v) is 4.20. The molecule has 2 aromatic carbocycles. The molecule has 3 rings (SSSR count). The number of carbonyl (C=O) groups is 1. The van der Waals surface area contributed by atoms with E-state index in [1.54, 1.807) is 0 Å². The highest BCUT2D eigenvalue weighted by Gasteiger charge is 2.22. The van der Waals surface area contributed by atoms with Gasteiger partial charge in [-0.3, -0.25) is 4.79 Å². The van der Waals surface area contributed by atoms with Crippen molar-refractivity contribution >= 4 is 16.8 Å². The molecular weight excluding hydrogens is 284 g/mol. The van der Waals surface area contributed by atoms with Crippen LogP contribution in [0.2, 0.25) is 0 Å². The third-order valence-electron chi connectivity index (χ3n) is 4.20. The third kappa shape index (κ3) is 3.45. The quantitative estimate of drug-likeness (QED) is 0.698. The van der Waals surface area contributed by atoms with Crippen molar-refractivity contribution in [3.8, 4) is 0 Å². The van der Waals surface area contributed by atoms with Crippen molar-refractivity contribution in [2.75, 3.05) is 0 Å². The van der Waals surface area contributed by atoms with E-state index in [1.807, 2.05) is 54.7 Å². The first-order valence-electron chi connectivity index (χ1n) is 8.17. The summed E-state index contributed by atoms with van der Waals surface area (Å²) in [5.74, 6) is -0.0136. The maximum absolute atomic E-state index is 12.7. The summed E-state index contributed by atoms with van der Waals surface area (Å²) in [4.78, 5) is 16.0. The molecule has 0 bridgehead atoms. The molecule has 3 aromatic rings. The van der Waals surface area contributed by atoms with Gasteiger partial charge in [-0.1, -0.05) is 61.9 Å². The number of para-hydroxylation sites is 1. The molecule has 0 spiro atoms. The maximum atomic E-state index is 12.7. The van der Waals surface area contributed by atoms with E-state index in [2.05, 4.69) is 23.3 Å². The Morgan fingerprint density at radius 1 is 1.09 bits per heavy atom. The second-order valence-corrected chi connectivity index (χ2v) is 5.83. The first kappa shape index (κ1) is 15.3. The van der Waals surface area contributed by atoms with Crippen molar-refractivity contribution in [1.82, 2.24) is 10.3 Å². The molecule has 2 N–H and O–H groups in total. The Kier molecular flexibility index (Phi) is 4.77. The van der Waals surface area contributed by atoms with Crippen LogP contribution in [0.15, 0.2) is 60.8 Å². The summed E-state index contributed by atoms with van der Waals surface area (Å²) in [6.45, 7) is 2.69. The predicted octanol–water partition coefficient (Wildman–Crippen LogP) is 4.37. The van der Waals surface area contributed by atoms with Crippen LogP contribution in [0, 0.1) is 0 Å². The average molecular weight is 306 g/mol. The zero-order valence-electron chi connectivity index (χ0n) is 13.4. The number of hydrogen-bond acceptors (Lipinski definition) is 1. The first-order chi connectivity index (χ1) is 11.3. The molecule has 3 nitrogen and oxygen atoms in total. The number of benzene rings is 2. The highest BCUT2D eigenvalue weighted by Crippen LogP contribution is 2.29. The molecule has 0 radical (unpaired) electrons. The van der Waals surface area contributed by atoms with Gasteiger partial charge in [0.1, 0.15) is 0 Å². The lowest BCUT2D eigenvalue weighted by atomic mass is 9.93. The monoisotopic (exact) mass is 306 g/mol.